The van der Waals surface area contributed by atoms with E-state index in [1.54, 1.807) is 47.1 Å². The number of hydrazine groups is 1. The second kappa shape index (κ2) is 11.7. The summed E-state index contributed by atoms with van der Waals surface area (Å²) in [5, 5.41) is 16.6. The smallest absolute Gasteiger partial charge is 0.324 e. The zero-order chi connectivity index (χ0) is 30.8. The normalized spacial score (nSPS) is 14.0. The lowest BCUT2D eigenvalue weighted by molar-refractivity contribution is 0.0126. The summed E-state index contributed by atoms with van der Waals surface area (Å²) in [6.45, 7) is 8.42. The Morgan fingerprint density at radius 3 is 2.36 bits per heavy atom. The number of carbonyl (C=O) groups excluding carboxylic acids is 2. The van der Waals surface area contributed by atoms with E-state index in [0.717, 1.165) is 5.56 Å². The van der Waals surface area contributed by atoms with Crippen molar-refractivity contribution in [2.45, 2.75) is 26.2 Å². The summed E-state index contributed by atoms with van der Waals surface area (Å²) in [5.74, 6) is 1.07. The molecule has 1 aliphatic rings. The summed E-state index contributed by atoms with van der Waals surface area (Å²) in [6.07, 6.45) is 1.38. The van der Waals surface area contributed by atoms with Gasteiger partial charge in [0.05, 0.1) is 24.3 Å². The van der Waals surface area contributed by atoms with E-state index in [-0.39, 0.29) is 17.1 Å². The lowest BCUT2D eigenvalue weighted by Crippen LogP contribution is -2.48. The standard InChI is InChI=1S/C30H32N10O4/c1-30(2,3)22-16-23(38-44-22)35-29(42)34-20-8-10-21(11-9-20)40-27-24(26(31)32-17-33-27)25(36-40)18-4-6-19(7-5-18)28(41)37-39-12-14-43-15-13-39/h4-11,16-17H,12-15H2,1-3H3,(H,37,41)(H2,31,32,33)(H2,34,35,38,42). The Kier molecular flexibility index (Phi) is 7.67. The van der Waals surface area contributed by atoms with Crippen LogP contribution in [0.5, 0.6) is 0 Å². The van der Waals surface area contributed by atoms with Crippen molar-refractivity contribution in [2.75, 3.05) is 42.7 Å². The first kappa shape index (κ1) is 28.8. The minimum atomic E-state index is -0.457. The van der Waals surface area contributed by atoms with Crippen molar-refractivity contribution in [3.8, 4) is 16.9 Å². The average molecular weight is 597 g/mol. The lowest BCUT2D eigenvalue weighted by atomic mass is 9.93. The maximum Gasteiger partial charge on any atom is 0.324 e. The largest absolute Gasteiger partial charge is 0.383 e. The van der Waals surface area contributed by atoms with Gasteiger partial charge in [-0.2, -0.15) is 5.10 Å². The van der Waals surface area contributed by atoms with Gasteiger partial charge in [0, 0.05) is 41.4 Å². The molecule has 14 nitrogen and oxygen atoms in total. The fourth-order valence-corrected chi connectivity index (χ4v) is 4.67. The number of aromatic nitrogens is 5. The monoisotopic (exact) mass is 596 g/mol. The number of nitrogen functional groups attached to an aromatic ring is 1. The van der Waals surface area contributed by atoms with Gasteiger partial charge in [0.2, 0.25) is 0 Å². The Labute approximate surface area is 252 Å². The van der Waals surface area contributed by atoms with Crippen molar-refractivity contribution >= 4 is 40.3 Å². The van der Waals surface area contributed by atoms with E-state index in [1.807, 2.05) is 37.9 Å². The molecule has 0 atom stereocenters. The van der Waals surface area contributed by atoms with Gasteiger partial charge in [-0.25, -0.2) is 24.5 Å². The summed E-state index contributed by atoms with van der Waals surface area (Å²) < 4.78 is 12.3. The Bertz CT molecular complexity index is 1800. The van der Waals surface area contributed by atoms with E-state index < -0.39 is 6.03 Å². The van der Waals surface area contributed by atoms with Crippen LogP contribution in [0.25, 0.3) is 28.0 Å². The highest BCUT2D eigenvalue weighted by atomic mass is 16.5. The van der Waals surface area contributed by atoms with Crippen molar-refractivity contribution in [1.29, 1.82) is 0 Å². The number of benzene rings is 2. The van der Waals surface area contributed by atoms with Crippen molar-refractivity contribution in [1.82, 2.24) is 35.3 Å². The molecule has 226 valence electrons. The number of anilines is 3. The molecule has 0 spiro atoms. The second-order valence-electron chi connectivity index (χ2n) is 11.3. The van der Waals surface area contributed by atoms with E-state index in [4.69, 9.17) is 20.1 Å². The Morgan fingerprint density at radius 1 is 0.955 bits per heavy atom. The van der Waals surface area contributed by atoms with Crippen molar-refractivity contribution in [3.05, 3.63) is 72.2 Å². The molecule has 3 amide bonds. The Hall–Kier alpha value is -5.34. The van der Waals surface area contributed by atoms with Gasteiger partial charge < -0.3 is 20.3 Å². The van der Waals surface area contributed by atoms with Crippen LogP contribution in [0.1, 0.15) is 36.9 Å². The molecule has 1 fully saturated rings. The Morgan fingerprint density at radius 2 is 1.68 bits per heavy atom. The molecule has 14 heteroatoms. The van der Waals surface area contributed by atoms with Crippen molar-refractivity contribution in [3.63, 3.8) is 0 Å². The summed E-state index contributed by atoms with van der Waals surface area (Å²) in [6, 6.07) is 15.5. The van der Waals surface area contributed by atoms with Crippen LogP contribution in [0.15, 0.2) is 65.4 Å². The third-order valence-corrected chi connectivity index (χ3v) is 7.05. The molecule has 6 rings (SSSR count). The van der Waals surface area contributed by atoms with Crippen LogP contribution in [-0.4, -0.2) is 68.2 Å². The predicted octanol–water partition coefficient (Wildman–Crippen LogP) is 3.97. The number of fused-ring (bicyclic) bond motifs is 1. The third-order valence-electron chi connectivity index (χ3n) is 7.05. The number of urea groups is 1. The molecule has 1 aliphatic heterocycles. The molecule has 5 aromatic rings. The number of hydrogen-bond donors (Lipinski definition) is 4. The van der Waals surface area contributed by atoms with Crippen LogP contribution in [-0.2, 0) is 10.2 Å². The molecular weight excluding hydrogens is 564 g/mol. The van der Waals surface area contributed by atoms with Crippen LogP contribution in [0.4, 0.5) is 22.1 Å². The number of ether oxygens (including phenoxy) is 1. The molecule has 0 bridgehead atoms. The van der Waals surface area contributed by atoms with Crippen LogP contribution >= 0.6 is 0 Å². The van der Waals surface area contributed by atoms with Gasteiger partial charge in [0.25, 0.3) is 5.91 Å². The molecular formula is C30H32N10O4. The zero-order valence-corrected chi connectivity index (χ0v) is 24.5. The number of amides is 3. The van der Waals surface area contributed by atoms with E-state index in [0.29, 0.717) is 71.5 Å². The highest BCUT2D eigenvalue weighted by Gasteiger charge is 2.21. The number of hydrogen-bond acceptors (Lipinski definition) is 10. The molecule has 2 aromatic carbocycles. The highest BCUT2D eigenvalue weighted by Crippen LogP contribution is 2.32. The number of morpholine rings is 1. The molecule has 0 unspecified atom stereocenters. The van der Waals surface area contributed by atoms with E-state index in [2.05, 4.69) is 31.2 Å². The minimum absolute atomic E-state index is 0.199. The molecule has 1 saturated heterocycles. The zero-order valence-electron chi connectivity index (χ0n) is 24.5. The third kappa shape index (κ3) is 6.07. The average Bonchev–Trinajstić information content (AvgIpc) is 3.64. The molecule has 5 N–H and O–H groups in total. The predicted molar refractivity (Wildman–Crippen MR) is 164 cm³/mol. The highest BCUT2D eigenvalue weighted by molar-refractivity contribution is 6.01. The van der Waals surface area contributed by atoms with Crippen LogP contribution < -0.4 is 21.8 Å². The molecule has 0 aliphatic carbocycles. The quantitative estimate of drug-likeness (QED) is 0.224. The first-order valence-corrected chi connectivity index (χ1v) is 14.0. The van der Waals surface area contributed by atoms with Gasteiger partial charge in [-0.3, -0.25) is 15.5 Å². The number of rotatable bonds is 6. The molecule has 44 heavy (non-hydrogen) atoms. The maximum atomic E-state index is 12.7. The van der Waals surface area contributed by atoms with Gasteiger partial charge in [0.1, 0.15) is 23.6 Å². The lowest BCUT2D eigenvalue weighted by Gasteiger charge is -2.26. The molecule has 4 heterocycles. The van der Waals surface area contributed by atoms with Crippen LogP contribution in [0.3, 0.4) is 0 Å². The first-order valence-electron chi connectivity index (χ1n) is 14.0. The van der Waals surface area contributed by atoms with E-state index in [1.165, 1.54) is 6.33 Å². The summed E-state index contributed by atoms with van der Waals surface area (Å²) in [7, 11) is 0. The fourth-order valence-electron chi connectivity index (χ4n) is 4.67. The van der Waals surface area contributed by atoms with Crippen LogP contribution in [0.2, 0.25) is 0 Å². The van der Waals surface area contributed by atoms with Crippen molar-refractivity contribution in [2.24, 2.45) is 0 Å². The minimum Gasteiger partial charge on any atom is -0.383 e. The van der Waals surface area contributed by atoms with Gasteiger partial charge in [-0.1, -0.05) is 38.1 Å². The molecule has 3 aromatic heterocycles. The van der Waals surface area contributed by atoms with Gasteiger partial charge in [0.15, 0.2) is 11.5 Å². The van der Waals surface area contributed by atoms with Gasteiger partial charge in [-0.15, -0.1) is 0 Å². The molecule has 0 saturated carbocycles. The number of nitrogens with two attached hydrogens (primary N) is 1. The number of nitrogens with one attached hydrogen (secondary N) is 3. The Balaban J connectivity index is 1.20. The first-order chi connectivity index (χ1) is 21.2. The topological polar surface area (TPSA) is 178 Å². The van der Waals surface area contributed by atoms with Crippen LogP contribution in [0, 0.1) is 0 Å². The van der Waals surface area contributed by atoms with E-state index >= 15 is 0 Å². The second-order valence-corrected chi connectivity index (χ2v) is 11.3. The fraction of sp³-hybridized carbons (Fsp3) is 0.267. The maximum absolute atomic E-state index is 12.7. The number of nitrogens with zero attached hydrogens (tertiary/aromatic N) is 6. The summed E-state index contributed by atoms with van der Waals surface area (Å²) >= 11 is 0. The SMILES string of the molecule is CC(C)(C)c1cc(NC(=O)Nc2ccc(-n3nc(-c4ccc(C(=O)NN5CCOCC5)cc4)c4c(N)ncnc43)cc2)no1. The van der Waals surface area contributed by atoms with E-state index in [9.17, 15) is 9.59 Å². The summed E-state index contributed by atoms with van der Waals surface area (Å²) in [4.78, 5) is 33.9. The van der Waals surface area contributed by atoms with Crippen molar-refractivity contribution < 1.29 is 18.8 Å². The molecule has 0 radical (unpaired) electrons. The van der Waals surface area contributed by atoms with Gasteiger partial charge >= 0.3 is 6.03 Å². The van der Waals surface area contributed by atoms with Gasteiger partial charge in [-0.05, 0) is 36.4 Å². The number of carbonyl (C=O) groups is 2. The summed E-state index contributed by atoms with van der Waals surface area (Å²) in [5.41, 5.74) is 12.6.